The van der Waals surface area contributed by atoms with E-state index in [-0.39, 0.29) is 35.5 Å². The topological polar surface area (TPSA) is 58.1 Å². The summed E-state index contributed by atoms with van der Waals surface area (Å²) in [5.74, 6) is 1.03. The maximum Gasteiger partial charge on any atom is 0.422 e. The minimum Gasteiger partial charge on any atom is -0.493 e. The Labute approximate surface area is 193 Å². The Kier molecular flexibility index (Phi) is 11.6. The van der Waals surface area contributed by atoms with Crippen molar-refractivity contribution in [3.05, 3.63) is 23.8 Å². The van der Waals surface area contributed by atoms with Crippen LogP contribution in [0.15, 0.2) is 23.2 Å². The van der Waals surface area contributed by atoms with E-state index in [1.165, 1.54) is 19.6 Å². The molecule has 1 aliphatic heterocycles. The first kappa shape index (κ1) is 26.6. The molecule has 172 valence electrons. The van der Waals surface area contributed by atoms with Crippen molar-refractivity contribution in [1.82, 2.24) is 15.5 Å². The van der Waals surface area contributed by atoms with Gasteiger partial charge in [-0.15, -0.1) is 24.0 Å². The molecule has 10 heteroatoms. The van der Waals surface area contributed by atoms with Gasteiger partial charge in [0.2, 0.25) is 0 Å². The monoisotopic (exact) mass is 544 g/mol. The van der Waals surface area contributed by atoms with Gasteiger partial charge in [0.1, 0.15) is 0 Å². The van der Waals surface area contributed by atoms with Gasteiger partial charge in [-0.3, -0.25) is 4.99 Å². The molecule has 0 atom stereocenters. The normalized spacial score (nSPS) is 16.0. The molecule has 0 spiro atoms. The van der Waals surface area contributed by atoms with Crippen LogP contribution in [0.3, 0.4) is 0 Å². The molecule has 2 N–H and O–H groups in total. The molecule has 6 nitrogen and oxygen atoms in total. The van der Waals surface area contributed by atoms with Gasteiger partial charge >= 0.3 is 6.18 Å². The number of alkyl halides is 3. The minimum absolute atomic E-state index is 0. The lowest BCUT2D eigenvalue weighted by Crippen LogP contribution is -2.48. The van der Waals surface area contributed by atoms with Gasteiger partial charge < -0.3 is 25.0 Å². The second-order valence-electron chi connectivity index (χ2n) is 7.08. The number of halogens is 4. The SMILES string of the molecule is CCCN1CCC(NC(=NC)NCc2ccc(OCC(F)(F)F)c(OC)c2)CC1.I. The third-order valence-corrected chi connectivity index (χ3v) is 4.77. The van der Waals surface area contributed by atoms with E-state index in [2.05, 4.69) is 27.4 Å². The van der Waals surface area contributed by atoms with E-state index in [9.17, 15) is 13.2 Å². The number of piperidine rings is 1. The van der Waals surface area contributed by atoms with Crippen molar-refractivity contribution in [2.45, 2.75) is 44.9 Å². The summed E-state index contributed by atoms with van der Waals surface area (Å²) >= 11 is 0. The number of likely N-dealkylation sites (tertiary alicyclic amines) is 1. The van der Waals surface area contributed by atoms with Gasteiger partial charge in [-0.1, -0.05) is 13.0 Å². The second kappa shape index (κ2) is 13.1. The average Bonchev–Trinajstić information content (AvgIpc) is 2.70. The largest absolute Gasteiger partial charge is 0.493 e. The fourth-order valence-corrected chi connectivity index (χ4v) is 3.29. The average molecular weight is 544 g/mol. The van der Waals surface area contributed by atoms with E-state index in [1.807, 2.05) is 0 Å². The molecule has 0 radical (unpaired) electrons. The zero-order chi connectivity index (χ0) is 21.3. The lowest BCUT2D eigenvalue weighted by molar-refractivity contribution is -0.153. The number of hydrogen-bond acceptors (Lipinski definition) is 4. The molecular formula is C20H32F3IN4O2. The fourth-order valence-electron chi connectivity index (χ4n) is 3.29. The van der Waals surface area contributed by atoms with Crippen LogP contribution in [0.5, 0.6) is 11.5 Å². The fraction of sp³-hybridized carbons (Fsp3) is 0.650. The summed E-state index contributed by atoms with van der Waals surface area (Å²) in [7, 11) is 3.12. The minimum atomic E-state index is -4.39. The molecule has 1 aromatic rings. The maximum atomic E-state index is 12.4. The van der Waals surface area contributed by atoms with E-state index in [4.69, 9.17) is 9.47 Å². The van der Waals surface area contributed by atoms with E-state index in [1.54, 1.807) is 19.2 Å². The second-order valence-corrected chi connectivity index (χ2v) is 7.08. The Bertz CT molecular complexity index is 666. The van der Waals surface area contributed by atoms with Gasteiger partial charge in [-0.05, 0) is 43.5 Å². The first-order valence-corrected chi connectivity index (χ1v) is 9.90. The van der Waals surface area contributed by atoms with E-state index in [0.717, 1.165) is 38.0 Å². The first-order valence-electron chi connectivity index (χ1n) is 9.90. The van der Waals surface area contributed by atoms with Gasteiger partial charge in [-0.2, -0.15) is 13.2 Å². The third kappa shape index (κ3) is 9.15. The summed E-state index contributed by atoms with van der Waals surface area (Å²) in [5, 5.41) is 6.69. The van der Waals surface area contributed by atoms with Crippen molar-refractivity contribution in [3.8, 4) is 11.5 Å². The van der Waals surface area contributed by atoms with Crippen LogP contribution in [0.25, 0.3) is 0 Å². The van der Waals surface area contributed by atoms with Crippen LogP contribution >= 0.6 is 24.0 Å². The Morgan fingerprint density at radius 2 is 1.93 bits per heavy atom. The number of nitrogens with one attached hydrogen (secondary N) is 2. The summed E-state index contributed by atoms with van der Waals surface area (Å²) < 4.78 is 47.1. The summed E-state index contributed by atoms with van der Waals surface area (Å²) in [4.78, 5) is 6.74. The molecule has 30 heavy (non-hydrogen) atoms. The third-order valence-electron chi connectivity index (χ3n) is 4.77. The quantitative estimate of drug-likeness (QED) is 0.297. The molecule has 2 rings (SSSR count). The van der Waals surface area contributed by atoms with Crippen molar-refractivity contribution < 1.29 is 22.6 Å². The van der Waals surface area contributed by atoms with Crippen molar-refractivity contribution >= 4 is 29.9 Å². The standard InChI is InChI=1S/C20H31F3N4O2.HI/c1-4-9-27-10-7-16(8-11-27)26-19(24-2)25-13-15-5-6-17(18(12-15)28-3)29-14-20(21,22)23;/h5-6,12,16H,4,7-11,13-14H2,1-3H3,(H2,24,25,26);1H. The van der Waals surface area contributed by atoms with Crippen LogP contribution < -0.4 is 20.1 Å². The lowest BCUT2D eigenvalue weighted by atomic mass is 10.1. The number of ether oxygens (including phenoxy) is 2. The Hall–Kier alpha value is -1.43. The molecule has 0 aliphatic carbocycles. The van der Waals surface area contributed by atoms with Gasteiger partial charge in [0, 0.05) is 32.7 Å². The van der Waals surface area contributed by atoms with Crippen LogP contribution in [-0.4, -0.2) is 63.5 Å². The number of aliphatic imine (C=N–C) groups is 1. The van der Waals surface area contributed by atoms with Crippen LogP contribution in [0, 0.1) is 0 Å². The van der Waals surface area contributed by atoms with E-state index >= 15 is 0 Å². The van der Waals surface area contributed by atoms with E-state index in [0.29, 0.717) is 18.5 Å². The predicted octanol–water partition coefficient (Wildman–Crippen LogP) is 3.79. The molecule has 1 fully saturated rings. The number of methoxy groups -OCH3 is 1. The van der Waals surface area contributed by atoms with Crippen molar-refractivity contribution in [1.29, 1.82) is 0 Å². The van der Waals surface area contributed by atoms with Gasteiger partial charge in [0.25, 0.3) is 0 Å². The highest BCUT2D eigenvalue weighted by Gasteiger charge is 2.29. The van der Waals surface area contributed by atoms with Crippen LogP contribution in [-0.2, 0) is 6.54 Å². The Morgan fingerprint density at radius 3 is 2.50 bits per heavy atom. The summed E-state index contributed by atoms with van der Waals surface area (Å²) in [6.45, 7) is 4.61. The van der Waals surface area contributed by atoms with Crippen LogP contribution in [0.2, 0.25) is 0 Å². The molecule has 0 unspecified atom stereocenters. The van der Waals surface area contributed by atoms with Crippen molar-refractivity contribution in [2.75, 3.05) is 40.4 Å². The molecule has 1 saturated heterocycles. The number of hydrogen-bond donors (Lipinski definition) is 2. The van der Waals surface area contributed by atoms with Gasteiger partial charge in [0.15, 0.2) is 24.1 Å². The Balaban J connectivity index is 0.00000450. The Morgan fingerprint density at radius 1 is 1.23 bits per heavy atom. The summed E-state index contributed by atoms with van der Waals surface area (Å²) in [6.07, 6.45) is -1.08. The number of rotatable bonds is 8. The molecule has 0 amide bonds. The highest BCUT2D eigenvalue weighted by molar-refractivity contribution is 14.0. The van der Waals surface area contributed by atoms with Crippen molar-refractivity contribution in [2.24, 2.45) is 4.99 Å². The van der Waals surface area contributed by atoms with Crippen LogP contribution in [0.4, 0.5) is 13.2 Å². The molecular weight excluding hydrogens is 512 g/mol. The lowest BCUT2D eigenvalue weighted by Gasteiger charge is -2.32. The zero-order valence-electron chi connectivity index (χ0n) is 17.7. The molecule has 1 heterocycles. The predicted molar refractivity (Wildman–Crippen MR) is 123 cm³/mol. The van der Waals surface area contributed by atoms with E-state index < -0.39 is 12.8 Å². The number of benzene rings is 1. The molecule has 0 bridgehead atoms. The maximum absolute atomic E-state index is 12.4. The highest BCUT2D eigenvalue weighted by atomic mass is 127. The summed E-state index contributed by atoms with van der Waals surface area (Å²) in [5.41, 5.74) is 0.849. The number of nitrogens with zero attached hydrogens (tertiary/aromatic N) is 2. The van der Waals surface area contributed by atoms with Gasteiger partial charge in [-0.25, -0.2) is 0 Å². The molecule has 0 aromatic heterocycles. The van der Waals surface area contributed by atoms with Crippen molar-refractivity contribution in [3.63, 3.8) is 0 Å². The van der Waals surface area contributed by atoms with Crippen LogP contribution in [0.1, 0.15) is 31.7 Å². The zero-order valence-corrected chi connectivity index (χ0v) is 20.0. The molecule has 0 saturated carbocycles. The first-order chi connectivity index (χ1) is 13.8. The number of guanidine groups is 1. The smallest absolute Gasteiger partial charge is 0.422 e. The highest BCUT2D eigenvalue weighted by Crippen LogP contribution is 2.29. The summed E-state index contributed by atoms with van der Waals surface area (Å²) in [6, 6.07) is 5.23. The molecule has 1 aromatic carbocycles. The molecule has 1 aliphatic rings. The van der Waals surface area contributed by atoms with Gasteiger partial charge in [0.05, 0.1) is 7.11 Å².